The second-order valence-electron chi connectivity index (χ2n) is 6.18. The van der Waals surface area contributed by atoms with Gasteiger partial charge in [0.05, 0.1) is 6.04 Å². The van der Waals surface area contributed by atoms with E-state index >= 15 is 0 Å². The molecule has 2 unspecified atom stereocenters. The first kappa shape index (κ1) is 17.8. The summed E-state index contributed by atoms with van der Waals surface area (Å²) in [6, 6.07) is 11.4. The zero-order valence-electron chi connectivity index (χ0n) is 14.2. The van der Waals surface area contributed by atoms with Gasteiger partial charge in [-0.2, -0.15) is 0 Å². The summed E-state index contributed by atoms with van der Waals surface area (Å²) in [6.07, 6.45) is 14.6. The number of nitrogens with zero attached hydrogens (tertiary/aromatic N) is 2. The summed E-state index contributed by atoms with van der Waals surface area (Å²) in [5, 5.41) is 0. The maximum atomic E-state index is 5.75. The quantitative estimate of drug-likeness (QED) is 0.415. The minimum atomic E-state index is 0.287. The van der Waals surface area contributed by atoms with Crippen LogP contribution in [0.25, 0.3) is 0 Å². The van der Waals surface area contributed by atoms with Gasteiger partial charge in [0, 0.05) is 12.0 Å². The third kappa shape index (κ3) is 5.24. The molecule has 0 aliphatic heterocycles. The smallest absolute Gasteiger partial charge is 0.234 e. The number of unbranched alkanes of at least 4 members (excludes halogenated alkanes) is 2. The van der Waals surface area contributed by atoms with Gasteiger partial charge in [-0.25, -0.2) is 9.13 Å². The van der Waals surface area contributed by atoms with E-state index in [1.54, 1.807) is 5.54 Å². The lowest BCUT2D eigenvalue weighted by molar-refractivity contribution is -0.712. The highest BCUT2D eigenvalue weighted by Gasteiger charge is 2.19. The molecule has 1 heterocycles. The molecule has 2 atom stereocenters. The highest BCUT2D eigenvalue weighted by atomic mass is 35.5. The predicted molar refractivity (Wildman–Crippen MR) is 97.7 cm³/mol. The van der Waals surface area contributed by atoms with Crippen LogP contribution in [0.3, 0.4) is 0 Å². The highest BCUT2D eigenvalue weighted by molar-refractivity contribution is 6.25. The van der Waals surface area contributed by atoms with Crippen molar-refractivity contribution in [3.63, 3.8) is 0 Å². The number of imidazole rings is 1. The van der Waals surface area contributed by atoms with Crippen LogP contribution in [0, 0.1) is 0 Å². The average molecular weight is 332 g/mol. The fourth-order valence-electron chi connectivity index (χ4n) is 2.95. The third-order valence-electron chi connectivity index (χ3n) is 4.40. The van der Waals surface area contributed by atoms with E-state index in [4.69, 9.17) is 11.6 Å². The number of hydrogen-bond acceptors (Lipinski definition) is 0. The Balaban J connectivity index is 2.13. The van der Waals surface area contributed by atoms with Gasteiger partial charge in [-0.3, -0.25) is 0 Å². The second-order valence-corrected chi connectivity index (χ2v) is 6.43. The Morgan fingerprint density at radius 1 is 1.22 bits per heavy atom. The van der Waals surface area contributed by atoms with Gasteiger partial charge in [0.2, 0.25) is 6.33 Å². The summed E-state index contributed by atoms with van der Waals surface area (Å²) in [5.74, 6) is 0. The molecule has 3 heteroatoms. The summed E-state index contributed by atoms with van der Waals surface area (Å²) in [4.78, 5) is 0. The molecule has 1 aromatic heterocycles. The molecule has 124 valence electrons. The van der Waals surface area contributed by atoms with E-state index in [1.165, 1.54) is 31.2 Å². The van der Waals surface area contributed by atoms with Crippen LogP contribution in [0.1, 0.15) is 63.6 Å². The summed E-state index contributed by atoms with van der Waals surface area (Å²) in [5.41, 5.74) is 2.92. The third-order valence-corrected chi connectivity index (χ3v) is 4.58. The van der Waals surface area contributed by atoms with Crippen LogP contribution in [0.2, 0.25) is 0 Å². The van der Waals surface area contributed by atoms with Crippen LogP contribution >= 0.6 is 11.6 Å². The Kier molecular flexibility index (Phi) is 7.41. The van der Waals surface area contributed by atoms with Crippen molar-refractivity contribution >= 4 is 11.6 Å². The SMILES string of the molecule is CCCCCC(C)n1cc[n+](C(C/C=C\Cl)c2ccccc2)c1. The molecule has 2 rings (SSSR count). The minimum absolute atomic E-state index is 0.287. The largest absolute Gasteiger partial charge is 0.244 e. The molecule has 23 heavy (non-hydrogen) atoms. The van der Waals surface area contributed by atoms with E-state index < -0.39 is 0 Å². The van der Waals surface area contributed by atoms with Gasteiger partial charge in [0.15, 0.2) is 0 Å². The number of halogens is 1. The van der Waals surface area contributed by atoms with Crippen LogP contribution in [0.4, 0.5) is 0 Å². The monoisotopic (exact) mass is 331 g/mol. The molecule has 0 aliphatic rings. The maximum Gasteiger partial charge on any atom is 0.244 e. The number of aromatic nitrogens is 2. The molecule has 0 fully saturated rings. The summed E-state index contributed by atoms with van der Waals surface area (Å²) in [6.45, 7) is 4.55. The molecule has 0 radical (unpaired) electrons. The number of allylic oxidation sites excluding steroid dienone is 1. The Bertz CT molecular complexity index is 589. The fraction of sp³-hybridized carbons (Fsp3) is 0.450. The molecule has 0 N–H and O–H groups in total. The molecular weight excluding hydrogens is 304 g/mol. The molecule has 0 saturated heterocycles. The molecular formula is C20H28ClN2+. The average Bonchev–Trinajstić information content (AvgIpc) is 3.06. The van der Waals surface area contributed by atoms with Crippen molar-refractivity contribution in [1.82, 2.24) is 4.57 Å². The van der Waals surface area contributed by atoms with Crippen molar-refractivity contribution in [3.8, 4) is 0 Å². The maximum absolute atomic E-state index is 5.75. The van der Waals surface area contributed by atoms with Gasteiger partial charge in [-0.1, -0.05) is 67.8 Å². The van der Waals surface area contributed by atoms with E-state index in [2.05, 4.69) is 72.0 Å². The topological polar surface area (TPSA) is 8.81 Å². The minimum Gasteiger partial charge on any atom is -0.234 e. The van der Waals surface area contributed by atoms with Crippen molar-refractivity contribution in [2.45, 2.75) is 58.0 Å². The van der Waals surface area contributed by atoms with Gasteiger partial charge in [-0.15, -0.1) is 0 Å². The number of rotatable bonds is 9. The van der Waals surface area contributed by atoms with Crippen molar-refractivity contribution in [3.05, 3.63) is 66.2 Å². The standard InChI is InChI=1S/C20H28ClN2/c1-3-4-6-10-18(2)22-15-16-23(17-22)20(13-9-14-21)19-11-7-5-8-12-19/h5,7-9,11-12,14-18,20H,3-4,6,10,13H2,1-2H3/q+1/b14-9-. The molecule has 0 aliphatic carbocycles. The Hall–Kier alpha value is -1.54. The first-order chi connectivity index (χ1) is 11.3. The summed E-state index contributed by atoms with van der Waals surface area (Å²) >= 11 is 5.75. The Labute approximate surface area is 145 Å². The van der Waals surface area contributed by atoms with Gasteiger partial charge in [0.1, 0.15) is 18.4 Å². The van der Waals surface area contributed by atoms with Gasteiger partial charge in [0.25, 0.3) is 0 Å². The fourth-order valence-corrected chi connectivity index (χ4v) is 3.06. The zero-order chi connectivity index (χ0) is 16.5. The molecule has 0 amide bonds. The molecule has 2 nitrogen and oxygen atoms in total. The van der Waals surface area contributed by atoms with Crippen molar-refractivity contribution in [1.29, 1.82) is 0 Å². The lowest BCUT2D eigenvalue weighted by Crippen LogP contribution is -2.38. The Morgan fingerprint density at radius 2 is 2.00 bits per heavy atom. The molecule has 0 bridgehead atoms. The van der Waals surface area contributed by atoms with Crippen LogP contribution < -0.4 is 4.57 Å². The van der Waals surface area contributed by atoms with Crippen LogP contribution in [0.15, 0.2) is 60.7 Å². The second kappa shape index (κ2) is 9.57. The van der Waals surface area contributed by atoms with E-state index in [-0.39, 0.29) is 6.04 Å². The van der Waals surface area contributed by atoms with Crippen molar-refractivity contribution < 1.29 is 4.57 Å². The zero-order valence-corrected chi connectivity index (χ0v) is 15.0. The number of benzene rings is 1. The normalized spacial score (nSPS) is 14.2. The van der Waals surface area contributed by atoms with Crippen LogP contribution in [0.5, 0.6) is 0 Å². The first-order valence-electron chi connectivity index (χ1n) is 8.64. The molecule has 2 aromatic rings. The Morgan fingerprint density at radius 3 is 2.70 bits per heavy atom. The van der Waals surface area contributed by atoms with E-state index in [9.17, 15) is 0 Å². The lowest BCUT2D eigenvalue weighted by Gasteiger charge is -2.12. The van der Waals surface area contributed by atoms with E-state index in [1.807, 2.05) is 6.08 Å². The van der Waals surface area contributed by atoms with Crippen LogP contribution in [-0.2, 0) is 0 Å². The van der Waals surface area contributed by atoms with Crippen molar-refractivity contribution in [2.24, 2.45) is 0 Å². The van der Waals surface area contributed by atoms with E-state index in [0.717, 1.165) is 6.42 Å². The van der Waals surface area contributed by atoms with Gasteiger partial charge in [-0.05, 0) is 25.3 Å². The van der Waals surface area contributed by atoms with Gasteiger partial charge >= 0.3 is 0 Å². The van der Waals surface area contributed by atoms with Crippen molar-refractivity contribution in [2.75, 3.05) is 0 Å². The predicted octanol–water partition coefficient (Wildman–Crippen LogP) is 5.65. The van der Waals surface area contributed by atoms with Gasteiger partial charge < -0.3 is 0 Å². The summed E-state index contributed by atoms with van der Waals surface area (Å²) in [7, 11) is 0. The molecule has 1 aromatic carbocycles. The number of hydrogen-bond donors (Lipinski definition) is 0. The highest BCUT2D eigenvalue weighted by Crippen LogP contribution is 2.19. The molecule has 0 spiro atoms. The van der Waals surface area contributed by atoms with E-state index in [0.29, 0.717) is 6.04 Å². The summed E-state index contributed by atoms with van der Waals surface area (Å²) < 4.78 is 4.62. The molecule has 0 saturated carbocycles. The van der Waals surface area contributed by atoms with Crippen LogP contribution in [-0.4, -0.2) is 4.57 Å². The lowest BCUT2D eigenvalue weighted by atomic mass is 10.0. The first-order valence-corrected chi connectivity index (χ1v) is 9.08.